The molecule has 2 heterocycles. The quantitative estimate of drug-likeness (QED) is 0.797. The van der Waals surface area contributed by atoms with Crippen molar-refractivity contribution in [1.82, 2.24) is 24.9 Å². The van der Waals surface area contributed by atoms with Gasteiger partial charge in [0.25, 0.3) is 5.91 Å². The van der Waals surface area contributed by atoms with Gasteiger partial charge in [0, 0.05) is 31.0 Å². The summed E-state index contributed by atoms with van der Waals surface area (Å²) in [5, 5.41) is 19.3. The van der Waals surface area contributed by atoms with Crippen LogP contribution in [0.5, 0.6) is 0 Å². The van der Waals surface area contributed by atoms with Crippen molar-refractivity contribution in [3.63, 3.8) is 0 Å². The van der Waals surface area contributed by atoms with Gasteiger partial charge in [-0.2, -0.15) is 10.2 Å². The number of aliphatic carboxylic acids is 1. The standard InChI is InChI=1S/C12H15N5O3/c1-8-9(4-14-16(8)2)3-13-12(20)10-5-15-17(6-10)7-11(18)19/h4-6H,3,7H2,1-2H3,(H,13,20)(H,18,19). The first-order chi connectivity index (χ1) is 9.47. The number of nitrogens with one attached hydrogen (secondary N) is 1. The summed E-state index contributed by atoms with van der Waals surface area (Å²) in [6, 6.07) is 0. The molecular weight excluding hydrogens is 262 g/mol. The maximum atomic E-state index is 11.9. The van der Waals surface area contributed by atoms with Gasteiger partial charge in [-0.15, -0.1) is 0 Å². The Labute approximate surface area is 115 Å². The fourth-order valence-corrected chi connectivity index (χ4v) is 1.70. The van der Waals surface area contributed by atoms with Crippen molar-refractivity contribution in [3.8, 4) is 0 Å². The number of carbonyl (C=O) groups excluding carboxylic acids is 1. The number of hydrogen-bond donors (Lipinski definition) is 2. The van der Waals surface area contributed by atoms with Gasteiger partial charge < -0.3 is 10.4 Å². The zero-order chi connectivity index (χ0) is 14.7. The minimum Gasteiger partial charge on any atom is -0.480 e. The van der Waals surface area contributed by atoms with Crippen LogP contribution in [0.25, 0.3) is 0 Å². The number of carbonyl (C=O) groups is 2. The first-order valence-electron chi connectivity index (χ1n) is 5.97. The zero-order valence-electron chi connectivity index (χ0n) is 11.2. The average molecular weight is 277 g/mol. The van der Waals surface area contributed by atoms with Crippen molar-refractivity contribution in [2.45, 2.75) is 20.0 Å². The van der Waals surface area contributed by atoms with Crippen molar-refractivity contribution < 1.29 is 14.7 Å². The van der Waals surface area contributed by atoms with Crippen LogP contribution in [0.3, 0.4) is 0 Å². The van der Waals surface area contributed by atoms with E-state index in [0.717, 1.165) is 11.3 Å². The molecule has 0 aliphatic heterocycles. The van der Waals surface area contributed by atoms with Gasteiger partial charge in [0.2, 0.25) is 0 Å². The third kappa shape index (κ3) is 3.02. The van der Waals surface area contributed by atoms with Crippen molar-refractivity contribution >= 4 is 11.9 Å². The van der Waals surface area contributed by atoms with E-state index in [2.05, 4.69) is 15.5 Å². The molecule has 8 heteroatoms. The van der Waals surface area contributed by atoms with Gasteiger partial charge in [0.15, 0.2) is 0 Å². The molecule has 0 fully saturated rings. The van der Waals surface area contributed by atoms with Gasteiger partial charge in [-0.05, 0) is 6.92 Å². The lowest BCUT2D eigenvalue weighted by atomic mass is 10.2. The minimum atomic E-state index is -1.01. The summed E-state index contributed by atoms with van der Waals surface area (Å²) in [6.07, 6.45) is 4.44. The van der Waals surface area contributed by atoms with Crippen LogP contribution in [0, 0.1) is 6.92 Å². The number of aromatic nitrogens is 4. The lowest BCUT2D eigenvalue weighted by Crippen LogP contribution is -2.22. The molecule has 2 aromatic rings. The molecule has 8 nitrogen and oxygen atoms in total. The lowest BCUT2D eigenvalue weighted by Gasteiger charge is -2.03. The Hall–Kier alpha value is -2.64. The fourth-order valence-electron chi connectivity index (χ4n) is 1.70. The number of rotatable bonds is 5. The third-order valence-corrected chi connectivity index (χ3v) is 2.97. The molecule has 1 amide bonds. The van der Waals surface area contributed by atoms with Crippen molar-refractivity contribution in [2.75, 3.05) is 0 Å². The van der Waals surface area contributed by atoms with E-state index in [1.54, 1.807) is 10.9 Å². The first-order valence-corrected chi connectivity index (χ1v) is 5.97. The van der Waals surface area contributed by atoms with Gasteiger partial charge in [0.1, 0.15) is 6.54 Å². The first kappa shape index (κ1) is 13.8. The molecule has 0 aliphatic rings. The summed E-state index contributed by atoms with van der Waals surface area (Å²) in [6.45, 7) is 2.01. The SMILES string of the molecule is Cc1c(CNC(=O)c2cnn(CC(=O)O)c2)cnn1C. The zero-order valence-corrected chi connectivity index (χ0v) is 11.2. The molecule has 0 saturated heterocycles. The van der Waals surface area contributed by atoms with Crippen LogP contribution in [0.4, 0.5) is 0 Å². The molecular formula is C12H15N5O3. The van der Waals surface area contributed by atoms with Crippen LogP contribution in [0.1, 0.15) is 21.6 Å². The lowest BCUT2D eigenvalue weighted by molar-refractivity contribution is -0.137. The Morgan fingerprint density at radius 3 is 2.70 bits per heavy atom. The topological polar surface area (TPSA) is 102 Å². The summed E-state index contributed by atoms with van der Waals surface area (Å²) in [5.41, 5.74) is 2.23. The number of carboxylic acids is 1. The van der Waals surface area contributed by atoms with Crippen molar-refractivity contribution in [1.29, 1.82) is 0 Å². The number of hydrogen-bond acceptors (Lipinski definition) is 4. The smallest absolute Gasteiger partial charge is 0.325 e. The Morgan fingerprint density at radius 2 is 2.10 bits per heavy atom. The van der Waals surface area contributed by atoms with Crippen LogP contribution < -0.4 is 5.32 Å². The van der Waals surface area contributed by atoms with E-state index in [0.29, 0.717) is 12.1 Å². The fraction of sp³-hybridized carbons (Fsp3) is 0.333. The monoisotopic (exact) mass is 277 g/mol. The van der Waals surface area contributed by atoms with Crippen LogP contribution in [-0.2, 0) is 24.9 Å². The molecule has 0 unspecified atom stereocenters. The molecule has 106 valence electrons. The summed E-state index contributed by atoms with van der Waals surface area (Å²) in [5.74, 6) is -1.31. The molecule has 2 aromatic heterocycles. The normalized spacial score (nSPS) is 10.5. The van der Waals surface area contributed by atoms with Gasteiger partial charge in [-0.3, -0.25) is 19.0 Å². The Kier molecular flexibility index (Phi) is 3.83. The van der Waals surface area contributed by atoms with Gasteiger partial charge >= 0.3 is 5.97 Å². The van der Waals surface area contributed by atoms with E-state index in [1.807, 2.05) is 14.0 Å². The second kappa shape index (κ2) is 5.55. The highest BCUT2D eigenvalue weighted by molar-refractivity contribution is 5.93. The number of amides is 1. The highest BCUT2D eigenvalue weighted by Crippen LogP contribution is 2.05. The second-order valence-corrected chi connectivity index (χ2v) is 4.38. The van der Waals surface area contributed by atoms with Gasteiger partial charge in [-0.25, -0.2) is 0 Å². The summed E-state index contributed by atoms with van der Waals surface area (Å²) >= 11 is 0. The Bertz CT molecular complexity index is 643. The molecule has 0 aromatic carbocycles. The van der Waals surface area contributed by atoms with Gasteiger partial charge in [0.05, 0.1) is 18.0 Å². The summed E-state index contributed by atoms with van der Waals surface area (Å²) in [7, 11) is 1.83. The number of nitrogens with zero attached hydrogens (tertiary/aromatic N) is 4. The van der Waals surface area contributed by atoms with E-state index in [1.165, 1.54) is 17.1 Å². The molecule has 2 N–H and O–H groups in total. The molecule has 2 rings (SSSR count). The third-order valence-electron chi connectivity index (χ3n) is 2.97. The highest BCUT2D eigenvalue weighted by Gasteiger charge is 2.11. The molecule has 0 spiro atoms. The van der Waals surface area contributed by atoms with E-state index < -0.39 is 5.97 Å². The van der Waals surface area contributed by atoms with Crippen LogP contribution >= 0.6 is 0 Å². The van der Waals surface area contributed by atoms with E-state index in [9.17, 15) is 9.59 Å². The minimum absolute atomic E-state index is 0.269. The van der Waals surface area contributed by atoms with E-state index in [4.69, 9.17) is 5.11 Å². The van der Waals surface area contributed by atoms with E-state index >= 15 is 0 Å². The van der Waals surface area contributed by atoms with Crippen LogP contribution in [0.15, 0.2) is 18.6 Å². The summed E-state index contributed by atoms with van der Waals surface area (Å²) in [4.78, 5) is 22.4. The number of aryl methyl sites for hydroxylation is 1. The van der Waals surface area contributed by atoms with Crippen LogP contribution in [-0.4, -0.2) is 36.5 Å². The average Bonchev–Trinajstić information content (AvgIpc) is 2.96. The van der Waals surface area contributed by atoms with Crippen LogP contribution in [0.2, 0.25) is 0 Å². The molecule has 20 heavy (non-hydrogen) atoms. The van der Waals surface area contributed by atoms with E-state index in [-0.39, 0.29) is 12.5 Å². The van der Waals surface area contributed by atoms with Gasteiger partial charge in [-0.1, -0.05) is 0 Å². The molecule has 0 saturated carbocycles. The molecule has 0 atom stereocenters. The number of carboxylic acid groups (broad SMARTS) is 1. The molecule has 0 aliphatic carbocycles. The molecule has 0 radical (unpaired) electrons. The highest BCUT2D eigenvalue weighted by atomic mass is 16.4. The predicted molar refractivity (Wildman–Crippen MR) is 69.0 cm³/mol. The Morgan fingerprint density at radius 1 is 1.35 bits per heavy atom. The van der Waals surface area contributed by atoms with Crippen molar-refractivity contribution in [3.05, 3.63) is 35.4 Å². The summed E-state index contributed by atoms with van der Waals surface area (Å²) < 4.78 is 2.93. The van der Waals surface area contributed by atoms with Crippen molar-refractivity contribution in [2.24, 2.45) is 7.05 Å². The molecule has 0 bridgehead atoms. The predicted octanol–water partition coefficient (Wildman–Crippen LogP) is -0.0604. The largest absolute Gasteiger partial charge is 0.480 e. The maximum Gasteiger partial charge on any atom is 0.325 e. The maximum absolute atomic E-state index is 11.9. The second-order valence-electron chi connectivity index (χ2n) is 4.38. The Balaban J connectivity index is 1.96.